The standard InChI is InChI=1S/C16H20N4O/c1-3-8-17-16-18-9-11(2)15(20-16)19-13-10-21-14-7-5-4-6-12(13)14/h4-7,9,13H,3,8,10H2,1-2H3,(H2,17,18,19,20). The van der Waals surface area contributed by atoms with Crippen LogP contribution in [-0.4, -0.2) is 23.1 Å². The van der Waals surface area contributed by atoms with Crippen molar-refractivity contribution in [3.63, 3.8) is 0 Å². The van der Waals surface area contributed by atoms with Crippen molar-refractivity contribution in [1.29, 1.82) is 0 Å². The van der Waals surface area contributed by atoms with Crippen LogP contribution < -0.4 is 15.4 Å². The highest BCUT2D eigenvalue weighted by Crippen LogP contribution is 2.34. The van der Waals surface area contributed by atoms with Gasteiger partial charge in [-0.15, -0.1) is 0 Å². The molecule has 21 heavy (non-hydrogen) atoms. The van der Waals surface area contributed by atoms with Crippen LogP contribution in [-0.2, 0) is 0 Å². The highest BCUT2D eigenvalue weighted by atomic mass is 16.5. The van der Waals surface area contributed by atoms with Crippen molar-refractivity contribution in [3.05, 3.63) is 41.6 Å². The van der Waals surface area contributed by atoms with E-state index in [9.17, 15) is 0 Å². The first-order valence-corrected chi connectivity index (χ1v) is 7.33. The minimum Gasteiger partial charge on any atom is -0.491 e. The zero-order valence-corrected chi connectivity index (χ0v) is 12.4. The second kappa shape index (κ2) is 5.99. The monoisotopic (exact) mass is 284 g/mol. The van der Waals surface area contributed by atoms with Crippen LogP contribution in [0.4, 0.5) is 11.8 Å². The Morgan fingerprint density at radius 2 is 2.19 bits per heavy atom. The Morgan fingerprint density at radius 3 is 3.05 bits per heavy atom. The van der Waals surface area contributed by atoms with Crippen LogP contribution in [0, 0.1) is 6.92 Å². The van der Waals surface area contributed by atoms with Gasteiger partial charge in [-0.3, -0.25) is 0 Å². The number of nitrogens with one attached hydrogen (secondary N) is 2. The molecule has 0 spiro atoms. The maximum Gasteiger partial charge on any atom is 0.224 e. The summed E-state index contributed by atoms with van der Waals surface area (Å²) in [5.41, 5.74) is 2.21. The second-order valence-electron chi connectivity index (χ2n) is 5.20. The normalized spacial score (nSPS) is 16.2. The predicted molar refractivity (Wildman–Crippen MR) is 83.9 cm³/mol. The molecular formula is C16H20N4O. The second-order valence-corrected chi connectivity index (χ2v) is 5.20. The molecule has 1 aliphatic heterocycles. The minimum absolute atomic E-state index is 0.133. The van der Waals surface area contributed by atoms with Crippen LogP contribution >= 0.6 is 0 Å². The van der Waals surface area contributed by atoms with Crippen LogP contribution in [0.2, 0.25) is 0 Å². The summed E-state index contributed by atoms with van der Waals surface area (Å²) in [5, 5.41) is 6.68. The van der Waals surface area contributed by atoms with E-state index in [-0.39, 0.29) is 6.04 Å². The van der Waals surface area contributed by atoms with E-state index in [0.29, 0.717) is 12.6 Å². The largest absolute Gasteiger partial charge is 0.491 e. The lowest BCUT2D eigenvalue weighted by Gasteiger charge is -2.15. The molecule has 2 N–H and O–H groups in total. The molecule has 1 unspecified atom stereocenters. The zero-order chi connectivity index (χ0) is 14.7. The number of para-hydroxylation sites is 1. The van der Waals surface area contributed by atoms with E-state index >= 15 is 0 Å². The summed E-state index contributed by atoms with van der Waals surface area (Å²) in [6.07, 6.45) is 2.89. The van der Waals surface area contributed by atoms with Crippen molar-refractivity contribution in [1.82, 2.24) is 9.97 Å². The van der Waals surface area contributed by atoms with Crippen molar-refractivity contribution in [2.24, 2.45) is 0 Å². The lowest BCUT2D eigenvalue weighted by Crippen LogP contribution is -2.15. The predicted octanol–water partition coefficient (Wildman–Crippen LogP) is 3.15. The maximum absolute atomic E-state index is 5.70. The van der Waals surface area contributed by atoms with E-state index in [1.807, 2.05) is 31.3 Å². The molecule has 5 nitrogen and oxygen atoms in total. The molecule has 3 rings (SSSR count). The van der Waals surface area contributed by atoms with Crippen LogP contribution in [0.15, 0.2) is 30.5 Å². The van der Waals surface area contributed by atoms with Gasteiger partial charge in [-0.25, -0.2) is 4.98 Å². The van der Waals surface area contributed by atoms with Crippen molar-refractivity contribution in [3.8, 4) is 5.75 Å². The van der Waals surface area contributed by atoms with Gasteiger partial charge in [-0.2, -0.15) is 4.98 Å². The zero-order valence-electron chi connectivity index (χ0n) is 12.4. The third-order valence-electron chi connectivity index (χ3n) is 3.52. The van der Waals surface area contributed by atoms with E-state index in [4.69, 9.17) is 4.74 Å². The third-order valence-corrected chi connectivity index (χ3v) is 3.52. The first kappa shape index (κ1) is 13.7. The molecule has 0 fully saturated rings. The highest BCUT2D eigenvalue weighted by Gasteiger charge is 2.24. The molecule has 1 aliphatic rings. The van der Waals surface area contributed by atoms with Crippen molar-refractivity contribution >= 4 is 11.8 Å². The summed E-state index contributed by atoms with van der Waals surface area (Å²) in [6, 6.07) is 8.24. The Kier molecular flexibility index (Phi) is 3.90. The molecule has 1 aromatic heterocycles. The molecule has 0 aliphatic carbocycles. The third kappa shape index (κ3) is 2.91. The van der Waals surface area contributed by atoms with Gasteiger partial charge in [0.15, 0.2) is 0 Å². The first-order chi connectivity index (χ1) is 10.3. The Morgan fingerprint density at radius 1 is 1.33 bits per heavy atom. The number of rotatable bonds is 5. The lowest BCUT2D eigenvalue weighted by molar-refractivity contribution is 0.339. The number of aryl methyl sites for hydroxylation is 1. The lowest BCUT2D eigenvalue weighted by atomic mass is 10.1. The maximum atomic E-state index is 5.70. The van der Waals surface area contributed by atoms with Crippen LogP contribution in [0.1, 0.15) is 30.5 Å². The van der Waals surface area contributed by atoms with Crippen molar-refractivity contribution < 1.29 is 4.74 Å². The van der Waals surface area contributed by atoms with Crippen molar-refractivity contribution in [2.75, 3.05) is 23.8 Å². The number of hydrogen-bond acceptors (Lipinski definition) is 5. The fraction of sp³-hybridized carbons (Fsp3) is 0.375. The van der Waals surface area contributed by atoms with Crippen LogP contribution in [0.3, 0.4) is 0 Å². The average molecular weight is 284 g/mol. The molecule has 0 amide bonds. The summed E-state index contributed by atoms with van der Waals surface area (Å²) in [7, 11) is 0. The van der Waals surface area contributed by atoms with Gasteiger partial charge in [0, 0.05) is 23.9 Å². The van der Waals surface area contributed by atoms with Gasteiger partial charge in [0.25, 0.3) is 0 Å². The summed E-state index contributed by atoms with van der Waals surface area (Å²) < 4.78 is 5.70. The molecule has 0 saturated carbocycles. The molecule has 1 atom stereocenters. The first-order valence-electron chi connectivity index (χ1n) is 7.33. The number of aromatic nitrogens is 2. The summed E-state index contributed by atoms with van der Waals surface area (Å²) in [4.78, 5) is 8.86. The smallest absolute Gasteiger partial charge is 0.224 e. The molecule has 0 saturated heterocycles. The number of hydrogen-bond donors (Lipinski definition) is 2. The Hall–Kier alpha value is -2.30. The van der Waals surface area contributed by atoms with Gasteiger partial charge in [0.2, 0.25) is 5.95 Å². The molecule has 2 aromatic rings. The highest BCUT2D eigenvalue weighted by molar-refractivity contribution is 5.51. The average Bonchev–Trinajstić information content (AvgIpc) is 2.91. The van der Waals surface area contributed by atoms with Crippen LogP contribution in [0.25, 0.3) is 0 Å². The molecule has 110 valence electrons. The molecule has 5 heteroatoms. The van der Waals surface area contributed by atoms with E-state index in [1.54, 1.807) is 0 Å². The molecule has 0 radical (unpaired) electrons. The molecular weight excluding hydrogens is 264 g/mol. The summed E-state index contributed by atoms with van der Waals surface area (Å²) >= 11 is 0. The SMILES string of the molecule is CCCNc1ncc(C)c(NC2COc3ccccc32)n1. The Labute approximate surface area is 124 Å². The van der Waals surface area contributed by atoms with Crippen molar-refractivity contribution in [2.45, 2.75) is 26.3 Å². The van der Waals surface area contributed by atoms with Gasteiger partial charge in [-0.05, 0) is 19.4 Å². The molecule has 0 bridgehead atoms. The Bertz CT molecular complexity index is 629. The molecule has 2 heterocycles. The number of benzene rings is 1. The van der Waals surface area contributed by atoms with Gasteiger partial charge in [0.05, 0.1) is 6.04 Å². The van der Waals surface area contributed by atoms with E-state index in [0.717, 1.165) is 30.1 Å². The minimum atomic E-state index is 0.133. The molecule has 1 aromatic carbocycles. The van der Waals surface area contributed by atoms with Crippen LogP contribution in [0.5, 0.6) is 5.75 Å². The summed E-state index contributed by atoms with van der Waals surface area (Å²) in [6.45, 7) is 5.62. The van der Waals surface area contributed by atoms with E-state index in [1.165, 1.54) is 5.56 Å². The summed E-state index contributed by atoms with van der Waals surface area (Å²) in [5.74, 6) is 2.47. The van der Waals surface area contributed by atoms with Gasteiger partial charge in [-0.1, -0.05) is 25.1 Å². The fourth-order valence-corrected chi connectivity index (χ4v) is 2.36. The van der Waals surface area contributed by atoms with Gasteiger partial charge >= 0.3 is 0 Å². The topological polar surface area (TPSA) is 59.1 Å². The number of ether oxygens (including phenoxy) is 1. The van der Waals surface area contributed by atoms with E-state index in [2.05, 4.69) is 33.6 Å². The quantitative estimate of drug-likeness (QED) is 0.883. The number of nitrogens with zero attached hydrogens (tertiary/aromatic N) is 2. The van der Waals surface area contributed by atoms with E-state index < -0.39 is 0 Å². The van der Waals surface area contributed by atoms with Gasteiger partial charge in [0.1, 0.15) is 18.2 Å². The number of anilines is 2. The Balaban J connectivity index is 1.79. The van der Waals surface area contributed by atoms with Gasteiger partial charge < -0.3 is 15.4 Å². The fourth-order valence-electron chi connectivity index (χ4n) is 2.36. The number of fused-ring (bicyclic) bond motifs is 1.